The van der Waals surface area contributed by atoms with E-state index in [4.69, 9.17) is 0 Å². The summed E-state index contributed by atoms with van der Waals surface area (Å²) >= 11 is 0. The van der Waals surface area contributed by atoms with Crippen LogP contribution in [0.1, 0.15) is 23.0 Å². The molecular formula is C22H20FN5O. The predicted molar refractivity (Wildman–Crippen MR) is 108 cm³/mol. The summed E-state index contributed by atoms with van der Waals surface area (Å²) in [5, 5.41) is 4.44. The lowest BCUT2D eigenvalue weighted by atomic mass is 10.1. The first-order chi connectivity index (χ1) is 14.1. The molecule has 3 heterocycles. The van der Waals surface area contributed by atoms with Crippen molar-refractivity contribution in [3.63, 3.8) is 0 Å². The van der Waals surface area contributed by atoms with E-state index in [0.717, 1.165) is 23.0 Å². The molecule has 5 rings (SSSR count). The Balaban J connectivity index is 1.37. The summed E-state index contributed by atoms with van der Waals surface area (Å²) in [6.45, 7) is 1.32. The van der Waals surface area contributed by atoms with Crippen LogP contribution in [0.15, 0.2) is 60.9 Å². The molecule has 4 aromatic rings. The molecule has 1 saturated heterocycles. The molecule has 1 unspecified atom stereocenters. The molecule has 0 spiro atoms. The van der Waals surface area contributed by atoms with Gasteiger partial charge in [-0.2, -0.15) is 5.10 Å². The fraction of sp³-hybridized carbons (Fsp3) is 0.227. The molecule has 0 bridgehead atoms. The molecule has 29 heavy (non-hydrogen) atoms. The smallest absolute Gasteiger partial charge is 0.272 e. The topological polar surface area (TPSA) is 56.0 Å². The zero-order chi connectivity index (χ0) is 20.0. The Morgan fingerprint density at radius 2 is 1.93 bits per heavy atom. The molecule has 0 saturated carbocycles. The van der Waals surface area contributed by atoms with Gasteiger partial charge in [0.15, 0.2) is 0 Å². The number of hydrogen-bond donors (Lipinski definition) is 0. The third-order valence-corrected chi connectivity index (χ3v) is 5.56. The summed E-state index contributed by atoms with van der Waals surface area (Å²) in [5.41, 5.74) is 4.02. The number of likely N-dealkylation sites (tertiary alicyclic amines) is 1. The van der Waals surface area contributed by atoms with Crippen LogP contribution in [-0.2, 0) is 7.05 Å². The van der Waals surface area contributed by atoms with Crippen LogP contribution in [-0.4, -0.2) is 43.2 Å². The SMILES string of the molecule is Cn1nc(-c2ccc(F)cc2)cc1C(=O)N1CCC(n2cnc3ccccc32)C1. The lowest BCUT2D eigenvalue weighted by molar-refractivity contribution is 0.0777. The minimum atomic E-state index is -0.295. The third kappa shape index (κ3) is 3.08. The average molecular weight is 389 g/mol. The predicted octanol–water partition coefficient (Wildman–Crippen LogP) is 3.66. The van der Waals surface area contributed by atoms with Crippen LogP contribution in [0.2, 0.25) is 0 Å². The number of nitrogens with zero attached hydrogens (tertiary/aromatic N) is 5. The fourth-order valence-electron chi connectivity index (χ4n) is 4.01. The molecule has 2 aromatic heterocycles. The molecule has 1 atom stereocenters. The number of rotatable bonds is 3. The first-order valence-corrected chi connectivity index (χ1v) is 9.61. The summed E-state index contributed by atoms with van der Waals surface area (Å²) in [6.07, 6.45) is 2.74. The Bertz CT molecular complexity index is 1190. The second kappa shape index (κ2) is 6.84. The van der Waals surface area contributed by atoms with Crippen molar-refractivity contribution in [1.29, 1.82) is 0 Å². The van der Waals surface area contributed by atoms with Crippen molar-refractivity contribution in [2.24, 2.45) is 7.05 Å². The normalized spacial score (nSPS) is 16.6. The van der Waals surface area contributed by atoms with Gasteiger partial charge in [0.2, 0.25) is 0 Å². The van der Waals surface area contributed by atoms with E-state index in [2.05, 4.69) is 20.7 Å². The number of carbonyl (C=O) groups is 1. The second-order valence-electron chi connectivity index (χ2n) is 7.38. The first-order valence-electron chi connectivity index (χ1n) is 9.61. The van der Waals surface area contributed by atoms with Crippen molar-refractivity contribution in [3.8, 4) is 11.3 Å². The van der Waals surface area contributed by atoms with Crippen LogP contribution in [0, 0.1) is 5.82 Å². The van der Waals surface area contributed by atoms with E-state index < -0.39 is 0 Å². The number of para-hydroxylation sites is 2. The Morgan fingerprint density at radius 3 is 2.76 bits per heavy atom. The molecule has 1 amide bonds. The van der Waals surface area contributed by atoms with Crippen molar-refractivity contribution in [3.05, 3.63) is 72.4 Å². The number of imidazole rings is 1. The first kappa shape index (κ1) is 17.6. The third-order valence-electron chi connectivity index (χ3n) is 5.56. The number of amides is 1. The van der Waals surface area contributed by atoms with E-state index in [-0.39, 0.29) is 17.8 Å². The van der Waals surface area contributed by atoms with Gasteiger partial charge >= 0.3 is 0 Å². The van der Waals surface area contributed by atoms with Gasteiger partial charge in [-0.1, -0.05) is 12.1 Å². The maximum Gasteiger partial charge on any atom is 0.272 e. The Labute approximate surface area is 167 Å². The van der Waals surface area contributed by atoms with Gasteiger partial charge in [0, 0.05) is 25.7 Å². The van der Waals surface area contributed by atoms with E-state index in [9.17, 15) is 9.18 Å². The number of benzene rings is 2. The van der Waals surface area contributed by atoms with Crippen LogP contribution in [0.25, 0.3) is 22.3 Å². The molecule has 1 aliphatic rings. The number of fused-ring (bicyclic) bond motifs is 1. The van der Waals surface area contributed by atoms with Crippen LogP contribution >= 0.6 is 0 Å². The van der Waals surface area contributed by atoms with Gasteiger partial charge < -0.3 is 9.47 Å². The molecule has 0 aliphatic carbocycles. The number of aromatic nitrogens is 4. The zero-order valence-corrected chi connectivity index (χ0v) is 16.0. The summed E-state index contributed by atoms with van der Waals surface area (Å²) in [4.78, 5) is 19.5. The van der Waals surface area contributed by atoms with Gasteiger partial charge in [0.05, 0.1) is 29.1 Å². The lowest BCUT2D eigenvalue weighted by Crippen LogP contribution is -2.30. The van der Waals surface area contributed by atoms with Gasteiger partial charge in [-0.05, 0) is 48.9 Å². The summed E-state index contributed by atoms with van der Waals surface area (Å²) in [6, 6.07) is 16.1. The second-order valence-corrected chi connectivity index (χ2v) is 7.38. The van der Waals surface area contributed by atoms with E-state index in [1.165, 1.54) is 12.1 Å². The lowest BCUT2D eigenvalue weighted by Gasteiger charge is -2.17. The average Bonchev–Trinajstić information content (AvgIpc) is 3.46. The summed E-state index contributed by atoms with van der Waals surface area (Å²) < 4.78 is 16.9. The molecular weight excluding hydrogens is 369 g/mol. The minimum absolute atomic E-state index is 0.0414. The van der Waals surface area contributed by atoms with Crippen LogP contribution in [0.5, 0.6) is 0 Å². The zero-order valence-electron chi connectivity index (χ0n) is 16.0. The van der Waals surface area contributed by atoms with E-state index in [1.54, 1.807) is 29.9 Å². The standard InChI is InChI=1S/C22H20FN5O/c1-26-21(12-19(25-26)15-6-8-16(23)9-7-15)22(29)27-11-10-17(13-27)28-14-24-18-4-2-3-5-20(18)28/h2-9,12,14,17H,10-11,13H2,1H3. The maximum absolute atomic E-state index is 13.2. The molecule has 6 nitrogen and oxygen atoms in total. The van der Waals surface area contributed by atoms with Crippen LogP contribution in [0.4, 0.5) is 4.39 Å². The van der Waals surface area contributed by atoms with E-state index >= 15 is 0 Å². The number of aryl methyl sites for hydroxylation is 1. The summed E-state index contributed by atoms with van der Waals surface area (Å²) in [7, 11) is 1.76. The van der Waals surface area contributed by atoms with Crippen molar-refractivity contribution in [1.82, 2.24) is 24.2 Å². The van der Waals surface area contributed by atoms with Gasteiger partial charge in [-0.3, -0.25) is 9.48 Å². The van der Waals surface area contributed by atoms with Crippen molar-refractivity contribution in [2.45, 2.75) is 12.5 Å². The molecule has 0 N–H and O–H groups in total. The van der Waals surface area contributed by atoms with E-state index in [1.807, 2.05) is 29.4 Å². The maximum atomic E-state index is 13.2. The fourth-order valence-corrected chi connectivity index (χ4v) is 4.01. The minimum Gasteiger partial charge on any atom is -0.335 e. The molecule has 1 fully saturated rings. The molecule has 2 aromatic carbocycles. The number of hydrogen-bond acceptors (Lipinski definition) is 3. The highest BCUT2D eigenvalue weighted by Crippen LogP contribution is 2.27. The number of halogens is 1. The van der Waals surface area contributed by atoms with Crippen LogP contribution in [0.3, 0.4) is 0 Å². The quantitative estimate of drug-likeness (QED) is 0.537. The van der Waals surface area contributed by atoms with Gasteiger partial charge in [0.1, 0.15) is 11.5 Å². The van der Waals surface area contributed by atoms with E-state index in [0.29, 0.717) is 24.5 Å². The Hall–Kier alpha value is -3.48. The summed E-state index contributed by atoms with van der Waals surface area (Å²) in [5.74, 6) is -0.337. The van der Waals surface area contributed by atoms with Crippen molar-refractivity contribution < 1.29 is 9.18 Å². The Morgan fingerprint density at radius 1 is 1.14 bits per heavy atom. The highest BCUT2D eigenvalue weighted by molar-refractivity contribution is 5.94. The van der Waals surface area contributed by atoms with Gasteiger partial charge in [-0.15, -0.1) is 0 Å². The molecule has 0 radical (unpaired) electrons. The molecule has 7 heteroatoms. The Kier molecular flexibility index (Phi) is 4.16. The van der Waals surface area contributed by atoms with Gasteiger partial charge in [-0.25, -0.2) is 9.37 Å². The number of carbonyl (C=O) groups excluding carboxylic acids is 1. The molecule has 146 valence electrons. The van der Waals surface area contributed by atoms with Gasteiger partial charge in [0.25, 0.3) is 5.91 Å². The molecule has 1 aliphatic heterocycles. The highest BCUT2D eigenvalue weighted by atomic mass is 19.1. The van der Waals surface area contributed by atoms with Crippen LogP contribution < -0.4 is 0 Å². The van der Waals surface area contributed by atoms with Crippen molar-refractivity contribution in [2.75, 3.05) is 13.1 Å². The monoisotopic (exact) mass is 389 g/mol. The highest BCUT2D eigenvalue weighted by Gasteiger charge is 2.30. The largest absolute Gasteiger partial charge is 0.335 e. The van der Waals surface area contributed by atoms with Crippen molar-refractivity contribution >= 4 is 16.9 Å².